The average Bonchev–Trinajstić information content (AvgIpc) is 2.88. The number of anilines is 2. The average molecular weight is 524 g/mol. The molecule has 1 saturated heterocycles. The van der Waals surface area contributed by atoms with Gasteiger partial charge in [0.2, 0.25) is 0 Å². The van der Waals surface area contributed by atoms with Crippen LogP contribution in [-0.4, -0.2) is 50.6 Å². The number of carbonyl (C=O) groups is 1. The second-order valence-electron chi connectivity index (χ2n) is 8.80. The first-order valence-electron chi connectivity index (χ1n) is 11.7. The molecule has 0 saturated carbocycles. The van der Waals surface area contributed by atoms with E-state index in [0.29, 0.717) is 54.0 Å². The molecule has 0 spiro atoms. The fourth-order valence-electron chi connectivity index (χ4n) is 4.25. The molecule has 1 aliphatic heterocycles. The van der Waals surface area contributed by atoms with Crippen LogP contribution in [0, 0.1) is 5.41 Å². The molecule has 0 bridgehead atoms. The monoisotopic (exact) mass is 523 g/mol. The molecule has 1 aliphatic rings. The van der Waals surface area contributed by atoms with Crippen molar-refractivity contribution in [1.29, 1.82) is 5.41 Å². The molecular weight excluding hydrogens is 494 g/mol. The quantitative estimate of drug-likeness (QED) is 0.118. The molecule has 4 rings (SSSR count). The van der Waals surface area contributed by atoms with Crippen molar-refractivity contribution >= 4 is 33.1 Å². The number of piperidine rings is 1. The van der Waals surface area contributed by atoms with Gasteiger partial charge < -0.3 is 15.4 Å². The molecule has 6 N–H and O–H groups in total. The van der Waals surface area contributed by atoms with Crippen LogP contribution in [0.15, 0.2) is 77.7 Å². The topological polar surface area (TPSA) is 153 Å². The predicted octanol–water partition coefficient (Wildman–Crippen LogP) is 3.80. The van der Waals surface area contributed by atoms with E-state index in [-0.39, 0.29) is 10.7 Å². The maximum Gasteiger partial charge on any atom is 0.413 e. The van der Waals surface area contributed by atoms with Gasteiger partial charge in [0.05, 0.1) is 4.90 Å². The van der Waals surface area contributed by atoms with Crippen molar-refractivity contribution in [3.8, 4) is 11.1 Å². The second kappa shape index (κ2) is 11.0. The Bertz CT molecular complexity index is 1390. The molecule has 10 nitrogen and oxygen atoms in total. The van der Waals surface area contributed by atoms with Gasteiger partial charge in [0.25, 0.3) is 0 Å². The fraction of sp³-hybridized carbons (Fsp3) is 0.231. The number of sulfone groups is 1. The molecule has 194 valence electrons. The highest BCUT2D eigenvalue weighted by Crippen LogP contribution is 2.30. The second-order valence-corrected chi connectivity index (χ2v) is 10.8. The van der Waals surface area contributed by atoms with Gasteiger partial charge in [-0.15, -0.1) is 0 Å². The summed E-state index contributed by atoms with van der Waals surface area (Å²) in [5, 5.41) is 26.1. The predicted molar refractivity (Wildman–Crippen MR) is 142 cm³/mol. The lowest BCUT2D eigenvalue weighted by molar-refractivity contribution is 0.0184. The smallest absolute Gasteiger partial charge is 0.413 e. The Balaban J connectivity index is 1.48. The highest BCUT2D eigenvalue weighted by molar-refractivity contribution is 7.90. The van der Waals surface area contributed by atoms with Crippen LogP contribution < -0.4 is 21.4 Å². The Labute approximate surface area is 215 Å². The zero-order valence-electron chi connectivity index (χ0n) is 20.2. The lowest BCUT2D eigenvalue weighted by Crippen LogP contribution is -2.51. The number of benzene rings is 3. The van der Waals surface area contributed by atoms with Crippen LogP contribution in [0.1, 0.15) is 18.4 Å². The van der Waals surface area contributed by atoms with E-state index in [1.54, 1.807) is 72.8 Å². The number of ether oxygens (including phenoxy) is 1. The van der Waals surface area contributed by atoms with E-state index < -0.39 is 21.7 Å². The van der Waals surface area contributed by atoms with Crippen molar-refractivity contribution in [3.05, 3.63) is 78.4 Å². The lowest BCUT2D eigenvalue weighted by Gasteiger charge is -2.38. The summed E-state index contributed by atoms with van der Waals surface area (Å²) in [6.07, 6.45) is 1.56. The third-order valence-corrected chi connectivity index (χ3v) is 7.22. The van der Waals surface area contributed by atoms with E-state index in [1.165, 1.54) is 6.26 Å². The number of carbonyl (C=O) groups excluding carboxylic acids is 1. The molecule has 0 atom stereocenters. The van der Waals surface area contributed by atoms with Gasteiger partial charge in [-0.1, -0.05) is 42.5 Å². The molecule has 0 unspecified atom stereocenters. The molecule has 11 heteroatoms. The molecule has 3 aromatic rings. The third-order valence-electron chi connectivity index (χ3n) is 6.06. The van der Waals surface area contributed by atoms with Crippen LogP contribution in [0.3, 0.4) is 0 Å². The van der Waals surface area contributed by atoms with Crippen molar-refractivity contribution in [2.24, 2.45) is 0 Å². The SMILES string of the molecule is CS(=O)(=O)c1ccccc1-c1ccc(NC(=O)OC2(Nc3cccc(C(=N)NO)c3)CCNCC2)cc1. The number of hydroxylamine groups is 1. The van der Waals surface area contributed by atoms with Crippen molar-refractivity contribution in [1.82, 2.24) is 10.8 Å². The molecule has 1 heterocycles. The number of amidine groups is 1. The number of hydrogen-bond donors (Lipinski definition) is 6. The first-order chi connectivity index (χ1) is 17.7. The van der Waals surface area contributed by atoms with E-state index in [9.17, 15) is 13.2 Å². The Morgan fingerprint density at radius 1 is 1.00 bits per heavy atom. The molecule has 37 heavy (non-hydrogen) atoms. The van der Waals surface area contributed by atoms with Crippen LogP contribution in [0.5, 0.6) is 0 Å². The highest BCUT2D eigenvalue weighted by Gasteiger charge is 2.36. The van der Waals surface area contributed by atoms with Crippen LogP contribution in [0.2, 0.25) is 0 Å². The van der Waals surface area contributed by atoms with Gasteiger partial charge in [-0.25, -0.2) is 13.2 Å². The lowest BCUT2D eigenvalue weighted by atomic mass is 10.0. The van der Waals surface area contributed by atoms with Crippen molar-refractivity contribution in [3.63, 3.8) is 0 Å². The van der Waals surface area contributed by atoms with Gasteiger partial charge in [-0.05, 0) is 35.9 Å². The largest absolute Gasteiger partial charge is 0.423 e. The highest BCUT2D eigenvalue weighted by atomic mass is 32.2. The Hall–Kier alpha value is -3.93. The van der Waals surface area contributed by atoms with E-state index in [1.807, 2.05) is 5.48 Å². The first kappa shape index (κ1) is 26.1. The summed E-state index contributed by atoms with van der Waals surface area (Å²) in [5.74, 6) is -0.149. The summed E-state index contributed by atoms with van der Waals surface area (Å²) < 4.78 is 30.2. The third kappa shape index (κ3) is 6.45. The maximum atomic E-state index is 12.9. The van der Waals surface area contributed by atoms with Crippen molar-refractivity contribution < 1.29 is 23.2 Å². The van der Waals surface area contributed by atoms with Crippen molar-refractivity contribution in [2.75, 3.05) is 30.0 Å². The van der Waals surface area contributed by atoms with E-state index >= 15 is 0 Å². The fourth-order valence-corrected chi connectivity index (χ4v) is 5.16. The zero-order chi connectivity index (χ0) is 26.5. The maximum absolute atomic E-state index is 12.9. The Morgan fingerprint density at radius 3 is 2.38 bits per heavy atom. The van der Waals surface area contributed by atoms with Gasteiger partial charge >= 0.3 is 6.09 Å². The van der Waals surface area contributed by atoms with E-state index in [0.717, 1.165) is 0 Å². The minimum atomic E-state index is -3.40. The summed E-state index contributed by atoms with van der Waals surface area (Å²) in [5.41, 5.74) is 3.76. The number of hydrogen-bond acceptors (Lipinski definition) is 8. The van der Waals surface area contributed by atoms with Gasteiger partial charge in [-0.3, -0.25) is 21.4 Å². The molecule has 0 radical (unpaired) electrons. The minimum absolute atomic E-state index is 0.149. The van der Waals surface area contributed by atoms with E-state index in [4.69, 9.17) is 15.4 Å². The summed E-state index contributed by atoms with van der Waals surface area (Å²) in [6, 6.07) is 20.5. The number of rotatable bonds is 7. The summed E-state index contributed by atoms with van der Waals surface area (Å²) in [6.45, 7) is 1.28. The minimum Gasteiger partial charge on any atom is -0.423 e. The van der Waals surface area contributed by atoms with Gasteiger partial charge in [0.1, 0.15) is 5.84 Å². The summed E-state index contributed by atoms with van der Waals surface area (Å²) >= 11 is 0. The van der Waals surface area contributed by atoms with Crippen molar-refractivity contribution in [2.45, 2.75) is 23.5 Å². The zero-order valence-corrected chi connectivity index (χ0v) is 21.1. The standard InChI is InChI=1S/C26H29N5O5S/c1-37(34,35)23-8-3-2-7-22(23)18-9-11-20(12-10-18)29-25(32)36-26(13-15-28-16-14-26)30-21-6-4-5-19(17-21)24(27)31-33/h2-12,17,28,30,33H,13-16H2,1H3,(H2,27,31)(H,29,32). The Morgan fingerprint density at radius 2 is 1.70 bits per heavy atom. The molecule has 1 amide bonds. The van der Waals surface area contributed by atoms with Gasteiger partial charge in [0.15, 0.2) is 15.6 Å². The number of amides is 1. The van der Waals surface area contributed by atoms with Gasteiger partial charge in [-0.2, -0.15) is 0 Å². The molecular formula is C26H29N5O5S. The number of nitrogens with one attached hydrogen (secondary N) is 5. The summed E-state index contributed by atoms with van der Waals surface area (Å²) in [7, 11) is -3.40. The first-order valence-corrected chi connectivity index (χ1v) is 13.6. The Kier molecular flexibility index (Phi) is 7.77. The van der Waals surface area contributed by atoms with E-state index in [2.05, 4.69) is 16.0 Å². The summed E-state index contributed by atoms with van der Waals surface area (Å²) in [4.78, 5) is 13.1. The van der Waals surface area contributed by atoms with Crippen LogP contribution in [0.25, 0.3) is 11.1 Å². The van der Waals surface area contributed by atoms with Gasteiger partial charge in [0, 0.05) is 54.7 Å². The van der Waals surface area contributed by atoms with Crippen LogP contribution >= 0.6 is 0 Å². The molecule has 0 aliphatic carbocycles. The normalized spacial score (nSPS) is 14.9. The van der Waals surface area contributed by atoms with Crippen LogP contribution in [-0.2, 0) is 14.6 Å². The molecule has 3 aromatic carbocycles. The molecule has 0 aromatic heterocycles. The van der Waals surface area contributed by atoms with Crippen LogP contribution in [0.4, 0.5) is 16.2 Å². The molecule has 1 fully saturated rings.